The molecule has 0 radical (unpaired) electrons. The molecule has 7 nitrogen and oxygen atoms in total. The summed E-state index contributed by atoms with van der Waals surface area (Å²) < 4.78 is 52.6. The van der Waals surface area contributed by atoms with E-state index < -0.39 is 51.6 Å². The molecule has 0 unspecified atom stereocenters. The van der Waals surface area contributed by atoms with Gasteiger partial charge in [0.1, 0.15) is 12.6 Å². The van der Waals surface area contributed by atoms with Crippen LogP contribution < -0.4 is 9.62 Å². The number of anilines is 1. The highest BCUT2D eigenvalue weighted by Gasteiger charge is 2.31. The lowest BCUT2D eigenvalue weighted by atomic mass is 10.1. The Labute approximate surface area is 193 Å². The van der Waals surface area contributed by atoms with Crippen LogP contribution >= 0.6 is 0 Å². The minimum Gasteiger partial charge on any atom is -0.350 e. The molecule has 0 bridgehead atoms. The molecular formula is C23H29F2N3O4S. The summed E-state index contributed by atoms with van der Waals surface area (Å²) in [5.74, 6) is -3.47. The van der Waals surface area contributed by atoms with Crippen molar-refractivity contribution in [1.29, 1.82) is 0 Å². The second-order valence-corrected chi connectivity index (χ2v) is 10.7. The van der Waals surface area contributed by atoms with E-state index in [1.807, 2.05) is 0 Å². The first-order chi connectivity index (χ1) is 15.2. The van der Waals surface area contributed by atoms with E-state index in [-0.39, 0.29) is 12.2 Å². The monoisotopic (exact) mass is 481 g/mol. The third-order valence-corrected chi connectivity index (χ3v) is 5.87. The van der Waals surface area contributed by atoms with Crippen LogP contribution in [0.5, 0.6) is 0 Å². The molecule has 0 spiro atoms. The molecule has 10 heteroatoms. The topological polar surface area (TPSA) is 86.8 Å². The van der Waals surface area contributed by atoms with Crippen LogP contribution in [0.3, 0.4) is 0 Å². The van der Waals surface area contributed by atoms with Crippen molar-refractivity contribution in [3.63, 3.8) is 0 Å². The highest BCUT2D eigenvalue weighted by atomic mass is 32.2. The van der Waals surface area contributed by atoms with Crippen LogP contribution in [0.4, 0.5) is 14.5 Å². The number of halogens is 2. The van der Waals surface area contributed by atoms with E-state index in [2.05, 4.69) is 5.32 Å². The Hall–Kier alpha value is -3.01. The summed E-state index contributed by atoms with van der Waals surface area (Å²) >= 11 is 0. The number of benzene rings is 2. The molecule has 2 rings (SSSR count). The summed E-state index contributed by atoms with van der Waals surface area (Å²) in [7, 11) is -4.03. The SMILES string of the molecule is C[C@H](C(=O)NC(C)(C)C)N(Cc1ccccc1)C(=O)CN(c1ccc(F)c(F)c1)S(C)(=O)=O. The van der Waals surface area contributed by atoms with Crippen molar-refractivity contribution in [2.24, 2.45) is 0 Å². The lowest BCUT2D eigenvalue weighted by Crippen LogP contribution is -2.54. The molecule has 0 saturated heterocycles. The lowest BCUT2D eigenvalue weighted by Gasteiger charge is -2.33. The average Bonchev–Trinajstić information content (AvgIpc) is 2.70. The molecule has 1 N–H and O–H groups in total. The molecule has 0 heterocycles. The fourth-order valence-corrected chi connectivity index (χ4v) is 3.93. The van der Waals surface area contributed by atoms with Gasteiger partial charge in [-0.1, -0.05) is 30.3 Å². The van der Waals surface area contributed by atoms with Gasteiger partial charge in [0.2, 0.25) is 21.8 Å². The fraction of sp³-hybridized carbons (Fsp3) is 0.391. The number of sulfonamides is 1. The minimum atomic E-state index is -4.03. The van der Waals surface area contributed by atoms with E-state index in [4.69, 9.17) is 0 Å². The smallest absolute Gasteiger partial charge is 0.244 e. The van der Waals surface area contributed by atoms with Gasteiger partial charge in [-0.3, -0.25) is 13.9 Å². The first-order valence-corrected chi connectivity index (χ1v) is 12.1. The van der Waals surface area contributed by atoms with E-state index in [1.54, 1.807) is 58.0 Å². The second-order valence-electron chi connectivity index (χ2n) is 8.79. The number of hydrogen-bond donors (Lipinski definition) is 1. The fourth-order valence-electron chi connectivity index (χ4n) is 3.09. The van der Waals surface area contributed by atoms with Crippen LogP contribution in [0.1, 0.15) is 33.3 Å². The van der Waals surface area contributed by atoms with Gasteiger partial charge in [-0.25, -0.2) is 17.2 Å². The molecule has 0 aliphatic rings. The van der Waals surface area contributed by atoms with Gasteiger partial charge in [0, 0.05) is 18.2 Å². The molecule has 2 aromatic carbocycles. The van der Waals surface area contributed by atoms with E-state index >= 15 is 0 Å². The third-order valence-electron chi connectivity index (χ3n) is 4.73. The van der Waals surface area contributed by atoms with Gasteiger partial charge in [0.25, 0.3) is 0 Å². The number of nitrogens with zero attached hydrogens (tertiary/aromatic N) is 2. The number of hydrogen-bond acceptors (Lipinski definition) is 4. The summed E-state index contributed by atoms with van der Waals surface area (Å²) in [6.07, 6.45) is 0.860. The van der Waals surface area contributed by atoms with Gasteiger partial charge in [-0.2, -0.15) is 0 Å². The first-order valence-electron chi connectivity index (χ1n) is 10.3. The summed E-state index contributed by atoms with van der Waals surface area (Å²) in [5.41, 5.74) is -0.00626. The maximum Gasteiger partial charge on any atom is 0.244 e. The summed E-state index contributed by atoms with van der Waals surface area (Å²) in [6, 6.07) is 10.6. The highest BCUT2D eigenvalue weighted by molar-refractivity contribution is 7.92. The van der Waals surface area contributed by atoms with Crippen LogP contribution in [0.25, 0.3) is 0 Å². The van der Waals surface area contributed by atoms with Gasteiger partial charge >= 0.3 is 0 Å². The number of carbonyl (C=O) groups excluding carboxylic acids is 2. The first kappa shape index (κ1) is 26.2. The van der Waals surface area contributed by atoms with Crippen molar-refractivity contribution in [2.45, 2.75) is 45.8 Å². The Balaban J connectivity index is 2.40. The summed E-state index contributed by atoms with van der Waals surface area (Å²) in [5, 5.41) is 2.81. The number of nitrogens with one attached hydrogen (secondary N) is 1. The van der Waals surface area contributed by atoms with E-state index in [9.17, 15) is 26.8 Å². The van der Waals surface area contributed by atoms with Crippen LogP contribution in [-0.4, -0.2) is 49.5 Å². The largest absolute Gasteiger partial charge is 0.350 e. The molecule has 0 aliphatic carbocycles. The molecule has 180 valence electrons. The number of carbonyl (C=O) groups is 2. The zero-order valence-electron chi connectivity index (χ0n) is 19.3. The lowest BCUT2D eigenvalue weighted by molar-refractivity contribution is -0.140. The van der Waals surface area contributed by atoms with Gasteiger partial charge < -0.3 is 10.2 Å². The molecule has 0 saturated carbocycles. The maximum atomic E-state index is 13.8. The molecule has 2 aromatic rings. The summed E-state index contributed by atoms with van der Waals surface area (Å²) in [6.45, 7) is 6.31. The quantitative estimate of drug-likeness (QED) is 0.628. The van der Waals surface area contributed by atoms with E-state index in [0.717, 1.165) is 24.0 Å². The minimum absolute atomic E-state index is 0.0494. The zero-order chi connectivity index (χ0) is 25.0. The van der Waals surface area contributed by atoms with Crippen LogP contribution in [0.15, 0.2) is 48.5 Å². The Morgan fingerprint density at radius 3 is 2.15 bits per heavy atom. The molecule has 1 atom stereocenters. The van der Waals surface area contributed by atoms with Crippen molar-refractivity contribution >= 4 is 27.5 Å². The van der Waals surface area contributed by atoms with Crippen molar-refractivity contribution in [3.8, 4) is 0 Å². The van der Waals surface area contributed by atoms with Crippen molar-refractivity contribution < 1.29 is 26.8 Å². The van der Waals surface area contributed by atoms with E-state index in [1.165, 1.54) is 4.90 Å². The summed E-state index contributed by atoms with van der Waals surface area (Å²) in [4.78, 5) is 27.4. The molecule has 2 amide bonds. The number of amides is 2. The molecular weight excluding hydrogens is 452 g/mol. The van der Waals surface area contributed by atoms with Gasteiger partial charge in [-0.05, 0) is 45.4 Å². The standard InChI is InChI=1S/C23H29F2N3O4S/c1-16(22(30)26-23(2,3)4)27(14-17-9-7-6-8-10-17)21(29)15-28(33(5,31)32)18-11-12-19(24)20(25)13-18/h6-13,16H,14-15H2,1-5H3,(H,26,30)/t16-/m1/s1. The molecule has 0 aliphatic heterocycles. The van der Waals surface area contributed by atoms with Gasteiger partial charge in [0.15, 0.2) is 11.6 Å². The molecule has 0 fully saturated rings. The predicted octanol–water partition coefficient (Wildman–Crippen LogP) is 3.06. The Morgan fingerprint density at radius 1 is 1.03 bits per heavy atom. The average molecular weight is 482 g/mol. The van der Waals surface area contributed by atoms with Gasteiger partial charge in [-0.15, -0.1) is 0 Å². The van der Waals surface area contributed by atoms with Crippen molar-refractivity contribution in [3.05, 3.63) is 65.7 Å². The van der Waals surface area contributed by atoms with Gasteiger partial charge in [0.05, 0.1) is 11.9 Å². The number of rotatable bonds is 8. The Bertz CT molecular complexity index is 1100. The van der Waals surface area contributed by atoms with Crippen LogP contribution in [0, 0.1) is 11.6 Å². The normalized spacial score (nSPS) is 12.7. The Morgan fingerprint density at radius 2 is 1.64 bits per heavy atom. The molecule has 0 aromatic heterocycles. The van der Waals surface area contributed by atoms with Crippen molar-refractivity contribution in [1.82, 2.24) is 10.2 Å². The highest BCUT2D eigenvalue weighted by Crippen LogP contribution is 2.21. The van der Waals surface area contributed by atoms with E-state index in [0.29, 0.717) is 10.4 Å². The van der Waals surface area contributed by atoms with Crippen molar-refractivity contribution in [2.75, 3.05) is 17.1 Å². The maximum absolute atomic E-state index is 13.8. The zero-order valence-corrected chi connectivity index (χ0v) is 20.1. The third kappa shape index (κ3) is 7.52. The second kappa shape index (κ2) is 10.3. The van der Waals surface area contributed by atoms with Crippen LogP contribution in [-0.2, 0) is 26.2 Å². The predicted molar refractivity (Wildman–Crippen MR) is 123 cm³/mol. The van der Waals surface area contributed by atoms with Crippen LogP contribution in [0.2, 0.25) is 0 Å². The molecule has 33 heavy (non-hydrogen) atoms. The Kier molecular flexibility index (Phi) is 8.18.